The van der Waals surface area contributed by atoms with Crippen molar-refractivity contribution >= 4 is 29.2 Å². The molecule has 140 valence electrons. The van der Waals surface area contributed by atoms with Crippen LogP contribution in [0.1, 0.15) is 24.2 Å². The predicted octanol–water partition coefficient (Wildman–Crippen LogP) is 4.09. The summed E-state index contributed by atoms with van der Waals surface area (Å²) in [6, 6.07) is 11.3. The molecule has 3 aromatic rings. The highest BCUT2D eigenvalue weighted by Crippen LogP contribution is 2.20. The first-order chi connectivity index (χ1) is 13.2. The second-order valence-electron chi connectivity index (χ2n) is 5.87. The number of aromatic nitrogens is 3. The minimum Gasteiger partial charge on any atom is -0.357 e. The third-order valence-electron chi connectivity index (χ3n) is 4.27. The first-order valence-corrected chi connectivity index (χ1v) is 10.1. The summed E-state index contributed by atoms with van der Waals surface area (Å²) >= 11 is 1.56. The number of hydrogen-bond acceptors (Lipinski definition) is 5. The number of pyridine rings is 1. The molecule has 0 fully saturated rings. The molecule has 0 spiro atoms. The van der Waals surface area contributed by atoms with Crippen molar-refractivity contribution < 1.29 is 4.79 Å². The van der Waals surface area contributed by atoms with Crippen LogP contribution in [0.3, 0.4) is 0 Å². The molecule has 27 heavy (non-hydrogen) atoms. The van der Waals surface area contributed by atoms with Gasteiger partial charge in [-0.2, -0.15) is 0 Å². The lowest BCUT2D eigenvalue weighted by atomic mass is 10.2. The summed E-state index contributed by atoms with van der Waals surface area (Å²) in [4.78, 5) is 23.5. The Morgan fingerprint density at radius 3 is 2.67 bits per heavy atom. The fraction of sp³-hybridized carbons (Fsp3) is 0.250. The summed E-state index contributed by atoms with van der Waals surface area (Å²) in [5.41, 5.74) is 2.16. The van der Waals surface area contributed by atoms with Gasteiger partial charge in [0.15, 0.2) is 5.16 Å². The van der Waals surface area contributed by atoms with Crippen LogP contribution >= 0.6 is 11.8 Å². The van der Waals surface area contributed by atoms with Crippen molar-refractivity contribution in [3.8, 4) is 5.69 Å². The third-order valence-corrected chi connectivity index (χ3v) is 4.94. The number of hydrogen-bond donors (Lipinski definition) is 1. The third kappa shape index (κ3) is 4.31. The number of rotatable bonds is 7. The summed E-state index contributed by atoms with van der Waals surface area (Å²) < 4.78 is 1.96. The molecule has 2 aromatic heterocycles. The number of anilines is 2. The number of thioether (sulfide) groups is 1. The van der Waals surface area contributed by atoms with E-state index in [9.17, 15) is 4.79 Å². The fourth-order valence-electron chi connectivity index (χ4n) is 2.83. The Balaban J connectivity index is 1.76. The van der Waals surface area contributed by atoms with Gasteiger partial charge in [0, 0.05) is 36.7 Å². The molecule has 0 atom stereocenters. The van der Waals surface area contributed by atoms with Crippen LogP contribution in [0.25, 0.3) is 5.69 Å². The summed E-state index contributed by atoms with van der Waals surface area (Å²) in [6.45, 7) is 5.98. The molecule has 6 nitrogen and oxygen atoms in total. The first kappa shape index (κ1) is 19.0. The van der Waals surface area contributed by atoms with Crippen molar-refractivity contribution in [2.24, 2.45) is 0 Å². The van der Waals surface area contributed by atoms with Gasteiger partial charge in [-0.05, 0) is 50.4 Å². The molecular formula is C20H23N5OS. The van der Waals surface area contributed by atoms with Crippen LogP contribution in [0, 0.1) is 0 Å². The van der Waals surface area contributed by atoms with Crippen LogP contribution < -0.4 is 10.2 Å². The zero-order chi connectivity index (χ0) is 19.2. The number of benzene rings is 1. The Kier molecular flexibility index (Phi) is 6.13. The largest absolute Gasteiger partial charge is 0.357 e. The maximum absolute atomic E-state index is 12.6. The van der Waals surface area contributed by atoms with Crippen molar-refractivity contribution in [3.05, 3.63) is 60.6 Å². The smallest absolute Gasteiger partial charge is 0.255 e. The molecule has 1 N–H and O–H groups in total. The Morgan fingerprint density at radius 2 is 2.00 bits per heavy atom. The van der Waals surface area contributed by atoms with Gasteiger partial charge < -0.3 is 10.2 Å². The normalized spacial score (nSPS) is 10.6. The quantitative estimate of drug-likeness (QED) is 0.625. The van der Waals surface area contributed by atoms with E-state index in [1.807, 2.05) is 47.4 Å². The Bertz CT molecular complexity index is 903. The van der Waals surface area contributed by atoms with E-state index < -0.39 is 0 Å². The van der Waals surface area contributed by atoms with Gasteiger partial charge in [-0.25, -0.2) is 9.97 Å². The summed E-state index contributed by atoms with van der Waals surface area (Å²) in [5.74, 6) is 0.741. The summed E-state index contributed by atoms with van der Waals surface area (Å²) in [6.07, 6.45) is 7.31. The SMILES string of the molecule is CCN(CC)c1ccc(NC(=O)c2cccc(-n3ccnc3SC)c2)cn1. The van der Waals surface area contributed by atoms with Gasteiger partial charge in [-0.3, -0.25) is 9.36 Å². The van der Waals surface area contributed by atoms with Gasteiger partial charge in [-0.1, -0.05) is 17.8 Å². The Hall–Kier alpha value is -2.80. The fourth-order valence-corrected chi connectivity index (χ4v) is 3.36. The van der Waals surface area contributed by atoms with Crippen LogP contribution in [0.15, 0.2) is 60.1 Å². The number of nitrogens with zero attached hydrogens (tertiary/aromatic N) is 4. The van der Waals surface area contributed by atoms with Gasteiger partial charge in [-0.15, -0.1) is 0 Å². The van der Waals surface area contributed by atoms with E-state index >= 15 is 0 Å². The number of carbonyl (C=O) groups is 1. The van der Waals surface area contributed by atoms with Gasteiger partial charge in [0.1, 0.15) is 5.82 Å². The monoisotopic (exact) mass is 381 g/mol. The van der Waals surface area contributed by atoms with Crippen LogP contribution in [0.5, 0.6) is 0 Å². The maximum atomic E-state index is 12.6. The van der Waals surface area contributed by atoms with E-state index in [1.165, 1.54) is 0 Å². The second kappa shape index (κ2) is 8.73. The number of imidazole rings is 1. The van der Waals surface area contributed by atoms with Crippen LogP contribution in [0.4, 0.5) is 11.5 Å². The number of carbonyl (C=O) groups excluding carboxylic acids is 1. The first-order valence-electron chi connectivity index (χ1n) is 8.86. The molecule has 0 aliphatic carbocycles. The van der Waals surface area contributed by atoms with Crippen molar-refractivity contribution in [2.75, 3.05) is 29.6 Å². The lowest BCUT2D eigenvalue weighted by Gasteiger charge is -2.19. The van der Waals surface area contributed by atoms with Gasteiger partial charge in [0.05, 0.1) is 11.9 Å². The van der Waals surface area contributed by atoms with Crippen LogP contribution in [-0.2, 0) is 0 Å². The highest BCUT2D eigenvalue weighted by Gasteiger charge is 2.10. The standard InChI is InChI=1S/C20H23N5OS/c1-4-24(5-2)18-10-9-16(14-22-18)23-19(26)15-7-6-8-17(13-15)25-12-11-21-20(25)27-3/h6-14H,4-5H2,1-3H3,(H,23,26). The molecular weight excluding hydrogens is 358 g/mol. The van der Waals surface area contributed by atoms with E-state index in [2.05, 4.69) is 34.0 Å². The maximum Gasteiger partial charge on any atom is 0.255 e. The van der Waals surface area contributed by atoms with Crippen molar-refractivity contribution in [3.63, 3.8) is 0 Å². The topological polar surface area (TPSA) is 63.1 Å². The zero-order valence-electron chi connectivity index (χ0n) is 15.7. The molecule has 0 unspecified atom stereocenters. The molecule has 0 saturated heterocycles. The predicted molar refractivity (Wildman–Crippen MR) is 111 cm³/mol. The average Bonchev–Trinajstić information content (AvgIpc) is 3.19. The van der Waals surface area contributed by atoms with E-state index in [0.717, 1.165) is 29.8 Å². The van der Waals surface area contributed by atoms with Crippen LogP contribution in [0.2, 0.25) is 0 Å². The molecule has 3 rings (SSSR count). The molecule has 0 bridgehead atoms. The molecule has 0 aliphatic rings. The number of nitrogens with one attached hydrogen (secondary N) is 1. The van der Waals surface area contributed by atoms with E-state index in [1.54, 1.807) is 30.2 Å². The zero-order valence-corrected chi connectivity index (χ0v) is 16.5. The number of amides is 1. The van der Waals surface area contributed by atoms with Crippen molar-refractivity contribution in [2.45, 2.75) is 19.0 Å². The lowest BCUT2D eigenvalue weighted by molar-refractivity contribution is 0.102. The minimum atomic E-state index is -0.167. The molecule has 2 heterocycles. The minimum absolute atomic E-state index is 0.167. The molecule has 0 aliphatic heterocycles. The highest BCUT2D eigenvalue weighted by atomic mass is 32.2. The second-order valence-corrected chi connectivity index (χ2v) is 6.64. The van der Waals surface area contributed by atoms with Gasteiger partial charge in [0.25, 0.3) is 5.91 Å². The van der Waals surface area contributed by atoms with Crippen molar-refractivity contribution in [1.29, 1.82) is 0 Å². The van der Waals surface area contributed by atoms with E-state index in [4.69, 9.17) is 0 Å². The Labute approximate surface area is 163 Å². The van der Waals surface area contributed by atoms with Gasteiger partial charge >= 0.3 is 0 Å². The molecule has 7 heteroatoms. The van der Waals surface area contributed by atoms with Gasteiger partial charge in [0.2, 0.25) is 0 Å². The molecule has 1 amide bonds. The molecule has 1 aromatic carbocycles. The highest BCUT2D eigenvalue weighted by molar-refractivity contribution is 7.98. The van der Waals surface area contributed by atoms with E-state index in [0.29, 0.717) is 11.3 Å². The summed E-state index contributed by atoms with van der Waals surface area (Å²) in [7, 11) is 0. The van der Waals surface area contributed by atoms with Crippen molar-refractivity contribution in [1.82, 2.24) is 14.5 Å². The van der Waals surface area contributed by atoms with E-state index in [-0.39, 0.29) is 5.91 Å². The summed E-state index contributed by atoms with van der Waals surface area (Å²) in [5, 5.41) is 3.79. The van der Waals surface area contributed by atoms with Crippen LogP contribution in [-0.4, -0.2) is 39.8 Å². The molecule has 0 saturated carbocycles. The molecule has 0 radical (unpaired) electrons. The Morgan fingerprint density at radius 1 is 1.19 bits per heavy atom. The lowest BCUT2D eigenvalue weighted by Crippen LogP contribution is -2.22. The average molecular weight is 382 g/mol.